The molecule has 1 unspecified atom stereocenters. The zero-order valence-electron chi connectivity index (χ0n) is 15.0. The van der Waals surface area contributed by atoms with E-state index < -0.39 is 0 Å². The Morgan fingerprint density at radius 3 is 2.72 bits per heavy atom. The molecule has 1 aromatic carbocycles. The molecule has 134 valence electrons. The first-order valence-corrected chi connectivity index (χ1v) is 8.56. The Labute approximate surface area is 147 Å². The third kappa shape index (κ3) is 3.60. The summed E-state index contributed by atoms with van der Waals surface area (Å²) < 4.78 is 1.40. The molecule has 1 saturated heterocycles. The van der Waals surface area contributed by atoms with Gasteiger partial charge in [0.1, 0.15) is 0 Å². The molecule has 0 saturated carbocycles. The number of carbonyl (C=O) groups is 1. The Hall–Kier alpha value is -2.57. The predicted molar refractivity (Wildman–Crippen MR) is 95.2 cm³/mol. The van der Waals surface area contributed by atoms with Gasteiger partial charge in [0.2, 0.25) is 0 Å². The summed E-state index contributed by atoms with van der Waals surface area (Å²) in [4.78, 5) is 25.8. The minimum atomic E-state index is -0.284. The number of amides is 2. The molecule has 1 aromatic heterocycles. The summed E-state index contributed by atoms with van der Waals surface area (Å²) in [6, 6.07) is 10.2. The van der Waals surface area contributed by atoms with Crippen molar-refractivity contribution >= 4 is 6.03 Å². The summed E-state index contributed by atoms with van der Waals surface area (Å²) >= 11 is 0. The van der Waals surface area contributed by atoms with Crippen LogP contribution < -0.4 is 11.0 Å². The van der Waals surface area contributed by atoms with Crippen LogP contribution in [0.5, 0.6) is 0 Å². The number of rotatable bonds is 3. The maximum Gasteiger partial charge on any atom is 0.343 e. The number of carbonyl (C=O) groups excluding carboxylic acids is 1. The van der Waals surface area contributed by atoms with Crippen LogP contribution in [0.1, 0.15) is 37.6 Å². The van der Waals surface area contributed by atoms with Gasteiger partial charge in [-0.1, -0.05) is 44.2 Å². The van der Waals surface area contributed by atoms with Crippen LogP contribution in [0.4, 0.5) is 4.79 Å². The molecule has 7 nitrogen and oxygen atoms in total. The summed E-state index contributed by atoms with van der Waals surface area (Å²) in [5.41, 5.74) is 1.12. The summed E-state index contributed by atoms with van der Waals surface area (Å²) in [5, 5.41) is 9.15. The van der Waals surface area contributed by atoms with Gasteiger partial charge in [-0.25, -0.2) is 14.7 Å². The fourth-order valence-electron chi connectivity index (χ4n) is 3.39. The van der Waals surface area contributed by atoms with Crippen LogP contribution >= 0.6 is 0 Å². The maximum absolute atomic E-state index is 12.6. The van der Waals surface area contributed by atoms with Crippen molar-refractivity contribution in [3.8, 4) is 0 Å². The van der Waals surface area contributed by atoms with Gasteiger partial charge in [-0.15, -0.1) is 0 Å². The number of piperidine rings is 1. The van der Waals surface area contributed by atoms with Gasteiger partial charge in [-0.2, -0.15) is 5.10 Å². The summed E-state index contributed by atoms with van der Waals surface area (Å²) in [6.07, 6.45) is 0.945. The highest BCUT2D eigenvalue weighted by Crippen LogP contribution is 2.42. The number of nitrogens with zero attached hydrogens (tertiary/aromatic N) is 3. The topological polar surface area (TPSA) is 83.0 Å². The molecular formula is C18H25N5O2. The fourth-order valence-corrected chi connectivity index (χ4v) is 3.39. The Balaban J connectivity index is 1.67. The number of likely N-dealkylation sites (tertiary alicyclic amines) is 1. The molecule has 2 N–H and O–H groups in total. The highest BCUT2D eigenvalue weighted by Gasteiger charge is 2.37. The van der Waals surface area contributed by atoms with Crippen LogP contribution in [0.25, 0.3) is 0 Å². The lowest BCUT2D eigenvalue weighted by Crippen LogP contribution is -2.49. The minimum absolute atomic E-state index is 0.119. The highest BCUT2D eigenvalue weighted by molar-refractivity contribution is 5.74. The van der Waals surface area contributed by atoms with E-state index in [1.807, 2.05) is 23.1 Å². The predicted octanol–water partition coefficient (Wildman–Crippen LogP) is 1.83. The van der Waals surface area contributed by atoms with Gasteiger partial charge in [0.05, 0.1) is 6.54 Å². The molecule has 1 fully saturated rings. The van der Waals surface area contributed by atoms with E-state index in [2.05, 4.69) is 41.5 Å². The molecule has 0 radical (unpaired) electrons. The Kier molecular flexibility index (Phi) is 4.65. The van der Waals surface area contributed by atoms with Gasteiger partial charge in [0, 0.05) is 26.1 Å². The van der Waals surface area contributed by atoms with Crippen LogP contribution in [-0.2, 0) is 13.6 Å². The molecule has 2 heterocycles. The van der Waals surface area contributed by atoms with Crippen molar-refractivity contribution in [3.63, 3.8) is 0 Å². The van der Waals surface area contributed by atoms with Crippen LogP contribution in [-0.4, -0.2) is 38.8 Å². The fraction of sp³-hybridized carbons (Fsp3) is 0.500. The van der Waals surface area contributed by atoms with E-state index in [1.165, 1.54) is 10.1 Å². The molecule has 1 aliphatic heterocycles. The Morgan fingerprint density at radius 1 is 1.36 bits per heavy atom. The van der Waals surface area contributed by atoms with E-state index in [-0.39, 0.29) is 23.7 Å². The average molecular weight is 343 g/mol. The normalized spacial score (nSPS) is 19.6. The first-order valence-electron chi connectivity index (χ1n) is 8.56. The van der Waals surface area contributed by atoms with E-state index in [9.17, 15) is 9.59 Å². The average Bonchev–Trinajstić information content (AvgIpc) is 2.92. The summed E-state index contributed by atoms with van der Waals surface area (Å²) in [6.45, 7) is 6.16. The van der Waals surface area contributed by atoms with E-state index >= 15 is 0 Å². The van der Waals surface area contributed by atoms with Gasteiger partial charge in [-0.3, -0.25) is 4.57 Å². The summed E-state index contributed by atoms with van der Waals surface area (Å²) in [7, 11) is 1.63. The molecule has 25 heavy (non-hydrogen) atoms. The van der Waals surface area contributed by atoms with Gasteiger partial charge >= 0.3 is 11.7 Å². The molecular weight excluding hydrogens is 318 g/mol. The van der Waals surface area contributed by atoms with Gasteiger partial charge in [0.25, 0.3) is 0 Å². The monoisotopic (exact) mass is 343 g/mol. The lowest BCUT2D eigenvalue weighted by molar-refractivity contribution is 0.116. The van der Waals surface area contributed by atoms with Gasteiger partial charge in [0.15, 0.2) is 5.82 Å². The van der Waals surface area contributed by atoms with Crippen molar-refractivity contribution < 1.29 is 4.79 Å². The number of hydrogen-bond acceptors (Lipinski definition) is 3. The smallest absolute Gasteiger partial charge is 0.331 e. The van der Waals surface area contributed by atoms with Crippen molar-refractivity contribution in [2.24, 2.45) is 12.5 Å². The third-order valence-corrected chi connectivity index (χ3v) is 5.23. The number of H-pyrrole nitrogens is 1. The van der Waals surface area contributed by atoms with E-state index in [4.69, 9.17) is 0 Å². The quantitative estimate of drug-likeness (QED) is 0.892. The molecule has 2 aromatic rings. The van der Waals surface area contributed by atoms with Crippen molar-refractivity contribution in [3.05, 3.63) is 52.2 Å². The van der Waals surface area contributed by atoms with Gasteiger partial charge < -0.3 is 10.2 Å². The second-order valence-corrected chi connectivity index (χ2v) is 7.31. The zero-order valence-corrected chi connectivity index (χ0v) is 15.0. The first-order chi connectivity index (χ1) is 11.9. The lowest BCUT2D eigenvalue weighted by atomic mass is 9.70. The number of hydrogen-bond donors (Lipinski definition) is 2. The SMILES string of the molecule is Cn1c(CNC(=O)N2CCC(C)(C)C(c3ccccc3)C2)n[nH]c1=O. The molecule has 0 aliphatic carbocycles. The maximum atomic E-state index is 12.6. The second kappa shape index (κ2) is 6.74. The molecule has 0 bridgehead atoms. The number of aromatic nitrogens is 3. The van der Waals surface area contributed by atoms with E-state index in [0.717, 1.165) is 13.0 Å². The molecule has 7 heteroatoms. The number of urea groups is 1. The van der Waals surface area contributed by atoms with Crippen molar-refractivity contribution in [1.82, 2.24) is 25.0 Å². The van der Waals surface area contributed by atoms with E-state index in [0.29, 0.717) is 18.3 Å². The van der Waals surface area contributed by atoms with Crippen LogP contribution in [0.3, 0.4) is 0 Å². The zero-order chi connectivity index (χ0) is 18.0. The third-order valence-electron chi connectivity index (χ3n) is 5.23. The van der Waals surface area contributed by atoms with Gasteiger partial charge in [-0.05, 0) is 17.4 Å². The number of aromatic amines is 1. The number of nitrogens with one attached hydrogen (secondary N) is 2. The van der Waals surface area contributed by atoms with E-state index in [1.54, 1.807) is 7.05 Å². The van der Waals surface area contributed by atoms with Crippen molar-refractivity contribution in [2.75, 3.05) is 13.1 Å². The summed E-state index contributed by atoms with van der Waals surface area (Å²) in [5.74, 6) is 0.804. The Bertz CT molecular complexity index is 793. The first kappa shape index (κ1) is 17.3. The largest absolute Gasteiger partial charge is 0.343 e. The highest BCUT2D eigenvalue weighted by atomic mass is 16.2. The van der Waals surface area contributed by atoms with Crippen molar-refractivity contribution in [2.45, 2.75) is 32.7 Å². The van der Waals surface area contributed by atoms with Crippen LogP contribution in [0, 0.1) is 5.41 Å². The Morgan fingerprint density at radius 2 is 2.08 bits per heavy atom. The van der Waals surface area contributed by atoms with Crippen LogP contribution in [0.2, 0.25) is 0 Å². The molecule has 1 atom stereocenters. The molecule has 2 amide bonds. The van der Waals surface area contributed by atoms with Crippen LogP contribution in [0.15, 0.2) is 35.1 Å². The molecule has 3 rings (SSSR count). The van der Waals surface area contributed by atoms with Crippen molar-refractivity contribution in [1.29, 1.82) is 0 Å². The molecule has 1 aliphatic rings. The second-order valence-electron chi connectivity index (χ2n) is 7.31. The number of benzene rings is 1. The standard InChI is InChI=1S/C18H25N5O2/c1-18(2)9-10-23(12-14(18)13-7-5-4-6-8-13)16(24)19-11-15-20-21-17(25)22(15)3/h4-8,14H,9-12H2,1-3H3,(H,19,24)(H,21,25). The molecule has 0 spiro atoms. The lowest BCUT2D eigenvalue weighted by Gasteiger charge is -2.44. The minimum Gasteiger partial charge on any atom is -0.331 e.